The lowest BCUT2D eigenvalue weighted by Gasteiger charge is -2.24. The summed E-state index contributed by atoms with van der Waals surface area (Å²) in [5, 5.41) is 9.46. The molecule has 2 unspecified atom stereocenters. The van der Waals surface area contributed by atoms with E-state index in [9.17, 15) is 14.7 Å². The molecule has 0 bridgehead atoms. The molecule has 0 spiro atoms. The van der Waals surface area contributed by atoms with Crippen LogP contribution in [0.2, 0.25) is 0 Å². The summed E-state index contributed by atoms with van der Waals surface area (Å²) >= 11 is 4.65. The first kappa shape index (κ1) is 27.9. The van der Waals surface area contributed by atoms with Gasteiger partial charge in [0, 0.05) is 30.1 Å². The van der Waals surface area contributed by atoms with Gasteiger partial charge in [-0.25, -0.2) is 4.98 Å². The van der Waals surface area contributed by atoms with Crippen LogP contribution in [-0.4, -0.2) is 32.1 Å². The number of aliphatic carboxylic acids is 1. The third-order valence-electron chi connectivity index (χ3n) is 6.71. The van der Waals surface area contributed by atoms with Crippen molar-refractivity contribution in [3.8, 4) is 0 Å². The summed E-state index contributed by atoms with van der Waals surface area (Å²) in [4.78, 5) is 31.6. The Kier molecular flexibility index (Phi) is 9.75. The molecule has 200 valence electrons. The van der Waals surface area contributed by atoms with Crippen molar-refractivity contribution in [2.75, 3.05) is 5.73 Å². The van der Waals surface area contributed by atoms with Gasteiger partial charge >= 0.3 is 5.97 Å². The number of nitrogens with two attached hydrogens (primary N) is 1. The molecule has 1 aromatic heterocycles. The van der Waals surface area contributed by atoms with Crippen LogP contribution in [0.4, 0.5) is 5.82 Å². The summed E-state index contributed by atoms with van der Waals surface area (Å²) in [6.07, 6.45) is 3.09. The SMILES string of the molecule is Nc1ccc(CC(C(=O)O)C(S)CCc2cccc(C(=O)N(Cc3ccccc3)Cc3ccccc3)c2)cn1. The standard InChI is InChI=1S/C32H33N3O3S/c33-30-17-15-26(20-34-30)19-28(32(37)38)29(39)16-14-23-12-7-13-27(18-23)31(36)35(21-24-8-3-1-4-9-24)22-25-10-5-2-6-11-25/h1-13,15,17-18,20,28-29,39H,14,16,19,21-22H2,(H2,33,34)(H,37,38). The Hall–Kier alpha value is -4.10. The summed E-state index contributed by atoms with van der Waals surface area (Å²) in [6, 6.07) is 31.0. The second kappa shape index (κ2) is 13.6. The van der Waals surface area contributed by atoms with E-state index in [-0.39, 0.29) is 11.2 Å². The van der Waals surface area contributed by atoms with Crippen LogP contribution in [0.15, 0.2) is 103 Å². The number of aromatic nitrogens is 1. The molecule has 4 rings (SSSR count). The number of benzene rings is 3. The maximum absolute atomic E-state index is 13.7. The average Bonchev–Trinajstić information content (AvgIpc) is 2.96. The van der Waals surface area contributed by atoms with Gasteiger partial charge in [0.1, 0.15) is 5.82 Å². The molecular formula is C32H33N3O3S. The van der Waals surface area contributed by atoms with Crippen molar-refractivity contribution in [1.82, 2.24) is 9.88 Å². The molecule has 0 fully saturated rings. The topological polar surface area (TPSA) is 96.5 Å². The van der Waals surface area contributed by atoms with Gasteiger partial charge in [-0.1, -0.05) is 78.9 Å². The number of rotatable bonds is 12. The molecule has 1 heterocycles. The van der Waals surface area contributed by atoms with E-state index in [0.717, 1.165) is 22.3 Å². The van der Waals surface area contributed by atoms with Crippen LogP contribution in [0.3, 0.4) is 0 Å². The van der Waals surface area contributed by atoms with Gasteiger partial charge in [0.05, 0.1) is 5.92 Å². The van der Waals surface area contributed by atoms with Gasteiger partial charge in [0.25, 0.3) is 5.91 Å². The molecule has 0 saturated carbocycles. The van der Waals surface area contributed by atoms with Gasteiger partial charge < -0.3 is 15.7 Å². The largest absolute Gasteiger partial charge is 0.481 e. The molecule has 7 heteroatoms. The van der Waals surface area contributed by atoms with Gasteiger partial charge in [-0.15, -0.1) is 0 Å². The molecule has 0 saturated heterocycles. The van der Waals surface area contributed by atoms with E-state index in [4.69, 9.17) is 5.73 Å². The normalized spacial score (nSPS) is 12.4. The fraction of sp³-hybridized carbons (Fsp3) is 0.219. The van der Waals surface area contributed by atoms with Crippen LogP contribution in [0.5, 0.6) is 0 Å². The summed E-state index contributed by atoms with van der Waals surface area (Å²) < 4.78 is 0. The van der Waals surface area contributed by atoms with Crippen LogP contribution in [0, 0.1) is 5.92 Å². The second-order valence-electron chi connectivity index (χ2n) is 9.68. The van der Waals surface area contributed by atoms with Crippen molar-refractivity contribution in [3.63, 3.8) is 0 Å². The van der Waals surface area contributed by atoms with Gasteiger partial charge in [0.2, 0.25) is 0 Å². The Balaban J connectivity index is 1.45. The number of carboxylic acid groups (broad SMARTS) is 1. The molecule has 0 radical (unpaired) electrons. The minimum atomic E-state index is -0.895. The Morgan fingerprint density at radius 3 is 2.00 bits per heavy atom. The van der Waals surface area contributed by atoms with Gasteiger partial charge in [-0.05, 0) is 59.7 Å². The maximum atomic E-state index is 13.7. The molecule has 1 amide bonds. The number of amides is 1. The number of pyridine rings is 1. The van der Waals surface area contributed by atoms with Crippen molar-refractivity contribution in [2.24, 2.45) is 5.92 Å². The second-order valence-corrected chi connectivity index (χ2v) is 10.3. The molecule has 39 heavy (non-hydrogen) atoms. The first-order valence-corrected chi connectivity index (χ1v) is 13.5. The van der Waals surface area contributed by atoms with Crippen LogP contribution in [0.25, 0.3) is 0 Å². The number of hydrogen-bond donors (Lipinski definition) is 3. The van der Waals surface area contributed by atoms with E-state index >= 15 is 0 Å². The number of thiol groups is 1. The van der Waals surface area contributed by atoms with Crippen LogP contribution < -0.4 is 5.73 Å². The van der Waals surface area contributed by atoms with E-state index < -0.39 is 11.9 Å². The summed E-state index contributed by atoms with van der Waals surface area (Å²) in [7, 11) is 0. The van der Waals surface area contributed by atoms with Gasteiger partial charge in [0.15, 0.2) is 0 Å². The smallest absolute Gasteiger partial charge is 0.307 e. The predicted molar refractivity (Wildman–Crippen MR) is 157 cm³/mol. The highest BCUT2D eigenvalue weighted by Gasteiger charge is 2.26. The Morgan fingerprint density at radius 1 is 0.821 bits per heavy atom. The fourth-order valence-electron chi connectivity index (χ4n) is 4.56. The Labute approximate surface area is 234 Å². The van der Waals surface area contributed by atoms with Crippen molar-refractivity contribution in [3.05, 3.63) is 131 Å². The summed E-state index contributed by atoms with van der Waals surface area (Å²) in [6.45, 7) is 0.996. The zero-order valence-electron chi connectivity index (χ0n) is 21.7. The summed E-state index contributed by atoms with van der Waals surface area (Å²) in [5.74, 6) is -1.22. The van der Waals surface area contributed by atoms with Crippen molar-refractivity contribution in [2.45, 2.75) is 37.6 Å². The molecule has 2 atom stereocenters. The Morgan fingerprint density at radius 2 is 1.44 bits per heavy atom. The highest BCUT2D eigenvalue weighted by atomic mass is 32.1. The van der Waals surface area contributed by atoms with Gasteiger partial charge in [-0.3, -0.25) is 9.59 Å². The number of anilines is 1. The number of hydrogen-bond acceptors (Lipinski definition) is 5. The van der Waals surface area contributed by atoms with E-state index in [1.54, 1.807) is 18.3 Å². The molecule has 3 N–H and O–H groups in total. The van der Waals surface area contributed by atoms with Crippen LogP contribution >= 0.6 is 12.6 Å². The Bertz CT molecular complexity index is 1320. The molecule has 0 aliphatic heterocycles. The lowest BCUT2D eigenvalue weighted by atomic mass is 9.93. The fourth-order valence-corrected chi connectivity index (χ4v) is 4.93. The minimum absolute atomic E-state index is 0.0498. The number of nitrogens with zero attached hydrogens (tertiary/aromatic N) is 2. The number of nitrogen functional groups attached to an aromatic ring is 1. The molecule has 3 aromatic carbocycles. The first-order chi connectivity index (χ1) is 18.9. The number of carbonyl (C=O) groups excluding carboxylic acids is 1. The van der Waals surface area contributed by atoms with Crippen molar-refractivity contribution >= 4 is 30.3 Å². The zero-order chi connectivity index (χ0) is 27.6. The summed E-state index contributed by atoms with van der Waals surface area (Å²) in [5.41, 5.74) is 10.2. The molecule has 6 nitrogen and oxygen atoms in total. The molecular weight excluding hydrogens is 506 g/mol. The van der Waals surface area contributed by atoms with E-state index in [1.807, 2.05) is 89.8 Å². The van der Waals surface area contributed by atoms with Crippen molar-refractivity contribution in [1.29, 1.82) is 0 Å². The highest BCUT2D eigenvalue weighted by Crippen LogP contribution is 2.23. The monoisotopic (exact) mass is 539 g/mol. The quantitative estimate of drug-likeness (QED) is 0.201. The minimum Gasteiger partial charge on any atom is -0.481 e. The van der Waals surface area contributed by atoms with E-state index in [0.29, 0.717) is 43.7 Å². The molecule has 4 aromatic rings. The number of carbonyl (C=O) groups is 2. The third-order valence-corrected chi connectivity index (χ3v) is 7.33. The zero-order valence-corrected chi connectivity index (χ0v) is 22.6. The number of aryl methyl sites for hydroxylation is 1. The van der Waals surface area contributed by atoms with E-state index in [1.165, 1.54) is 0 Å². The van der Waals surface area contributed by atoms with E-state index in [2.05, 4.69) is 17.6 Å². The van der Waals surface area contributed by atoms with Gasteiger partial charge in [-0.2, -0.15) is 12.6 Å². The van der Waals surface area contributed by atoms with Crippen molar-refractivity contribution < 1.29 is 14.7 Å². The lowest BCUT2D eigenvalue weighted by molar-refractivity contribution is -0.141. The molecule has 0 aliphatic rings. The van der Waals surface area contributed by atoms with Crippen LogP contribution in [0.1, 0.15) is 39.0 Å². The lowest BCUT2D eigenvalue weighted by Crippen LogP contribution is -2.30. The highest BCUT2D eigenvalue weighted by molar-refractivity contribution is 7.81. The molecule has 0 aliphatic carbocycles. The maximum Gasteiger partial charge on any atom is 0.307 e. The third kappa shape index (κ3) is 8.19. The number of carboxylic acids is 1. The van der Waals surface area contributed by atoms with Crippen LogP contribution in [-0.2, 0) is 30.7 Å². The first-order valence-electron chi connectivity index (χ1n) is 13.0. The predicted octanol–water partition coefficient (Wildman–Crippen LogP) is 5.68. The average molecular weight is 540 g/mol.